The Kier molecular flexibility index (Phi) is 7.43. The van der Waals surface area contributed by atoms with Crippen LogP contribution in [0.25, 0.3) is 0 Å². The topological polar surface area (TPSA) is 78.8 Å². The Bertz CT molecular complexity index is 498. The quantitative estimate of drug-likeness (QED) is 0.523. The summed E-state index contributed by atoms with van der Waals surface area (Å²) in [6.45, 7) is 3.24. The van der Waals surface area contributed by atoms with Crippen LogP contribution in [0.3, 0.4) is 0 Å². The van der Waals surface area contributed by atoms with Gasteiger partial charge in [-0.1, -0.05) is 30.3 Å². The lowest BCUT2D eigenvalue weighted by Gasteiger charge is -2.07. The number of nitrogens with one attached hydrogen (secondary N) is 1. The summed E-state index contributed by atoms with van der Waals surface area (Å²) in [4.78, 5) is 4.27. The largest absolute Gasteiger partial charge is 0.377 e. The van der Waals surface area contributed by atoms with Gasteiger partial charge in [0, 0.05) is 12.8 Å². The number of hydrogen-bond donors (Lipinski definition) is 2. The Morgan fingerprint density at radius 1 is 1.30 bits per heavy atom. The molecule has 0 amide bonds. The molecule has 0 heterocycles. The summed E-state index contributed by atoms with van der Waals surface area (Å²) < 4.78 is 22.6. The van der Waals surface area contributed by atoms with Crippen LogP contribution in [0.4, 0.5) is 0 Å². The van der Waals surface area contributed by atoms with Gasteiger partial charge in [0.25, 0.3) is 0 Å². The summed E-state index contributed by atoms with van der Waals surface area (Å²) in [5.41, 5.74) is -0.214. The lowest BCUT2D eigenvalue weighted by Crippen LogP contribution is -2.25. The molecule has 112 valence electrons. The van der Waals surface area contributed by atoms with E-state index in [1.807, 2.05) is 36.5 Å². The third-order valence-corrected chi connectivity index (χ3v) is 4.66. The Morgan fingerprint density at radius 3 is 2.65 bits per heavy atom. The van der Waals surface area contributed by atoms with E-state index >= 15 is 0 Å². The molecule has 1 aromatic carbocycles. The Hall–Kier alpha value is -1.24. The molecule has 0 saturated carbocycles. The number of aliphatic imine (C=N–C) groups is 1. The molecule has 1 rings (SSSR count). The van der Waals surface area contributed by atoms with E-state index < -0.39 is 15.3 Å². The molecule has 0 aliphatic heterocycles. The van der Waals surface area contributed by atoms with Gasteiger partial charge in [0.2, 0.25) is 0 Å². The molecule has 1 unspecified atom stereocenters. The second kappa shape index (κ2) is 8.84. The SMILES string of the molecule is CC(O)S(=O)(=O)CCCNCCN=Cc1ccccc1. The van der Waals surface area contributed by atoms with Gasteiger partial charge in [-0.25, -0.2) is 8.42 Å². The third kappa shape index (κ3) is 6.79. The van der Waals surface area contributed by atoms with Crippen LogP contribution >= 0.6 is 0 Å². The third-order valence-electron chi connectivity index (χ3n) is 2.76. The molecule has 0 fully saturated rings. The molecule has 0 bridgehead atoms. The van der Waals surface area contributed by atoms with Crippen LogP contribution in [-0.2, 0) is 9.84 Å². The summed E-state index contributed by atoms with van der Waals surface area (Å²) in [5, 5.41) is 12.2. The summed E-state index contributed by atoms with van der Waals surface area (Å²) >= 11 is 0. The summed E-state index contributed by atoms with van der Waals surface area (Å²) in [6.07, 6.45) is 2.31. The van der Waals surface area contributed by atoms with Crippen LogP contribution in [0, 0.1) is 0 Å². The molecule has 2 N–H and O–H groups in total. The number of nitrogens with zero attached hydrogens (tertiary/aromatic N) is 1. The monoisotopic (exact) mass is 298 g/mol. The average molecular weight is 298 g/mol. The highest BCUT2D eigenvalue weighted by molar-refractivity contribution is 7.91. The first-order chi connectivity index (χ1) is 9.52. The minimum atomic E-state index is -3.35. The number of sulfone groups is 1. The van der Waals surface area contributed by atoms with Crippen molar-refractivity contribution in [1.29, 1.82) is 0 Å². The molecule has 0 radical (unpaired) electrons. The van der Waals surface area contributed by atoms with Gasteiger partial charge >= 0.3 is 0 Å². The number of aliphatic hydroxyl groups is 1. The minimum Gasteiger partial charge on any atom is -0.377 e. The van der Waals surface area contributed by atoms with E-state index in [-0.39, 0.29) is 5.75 Å². The lowest BCUT2D eigenvalue weighted by atomic mass is 10.2. The molecule has 6 heteroatoms. The number of aliphatic hydroxyl groups excluding tert-OH is 1. The van der Waals surface area contributed by atoms with Crippen molar-refractivity contribution in [3.63, 3.8) is 0 Å². The maximum Gasteiger partial charge on any atom is 0.176 e. The van der Waals surface area contributed by atoms with Crippen LogP contribution in [0.5, 0.6) is 0 Å². The molecule has 0 aliphatic carbocycles. The number of benzene rings is 1. The Morgan fingerprint density at radius 2 is 2.00 bits per heavy atom. The van der Waals surface area contributed by atoms with Crippen molar-refractivity contribution >= 4 is 16.1 Å². The fraction of sp³-hybridized carbons (Fsp3) is 0.500. The molecule has 0 aromatic heterocycles. The van der Waals surface area contributed by atoms with Crippen molar-refractivity contribution in [2.45, 2.75) is 18.8 Å². The summed E-state index contributed by atoms with van der Waals surface area (Å²) in [5.74, 6) is 0.00491. The van der Waals surface area contributed by atoms with Crippen molar-refractivity contribution in [2.75, 3.05) is 25.4 Å². The minimum absolute atomic E-state index is 0.00491. The predicted molar refractivity (Wildman–Crippen MR) is 81.9 cm³/mol. The van der Waals surface area contributed by atoms with Crippen LogP contribution in [0.2, 0.25) is 0 Å². The average Bonchev–Trinajstić information content (AvgIpc) is 2.42. The van der Waals surface area contributed by atoms with Gasteiger partial charge in [0.15, 0.2) is 15.3 Å². The van der Waals surface area contributed by atoms with Gasteiger partial charge in [-0.15, -0.1) is 0 Å². The van der Waals surface area contributed by atoms with Crippen molar-refractivity contribution in [3.05, 3.63) is 35.9 Å². The van der Waals surface area contributed by atoms with E-state index in [4.69, 9.17) is 5.11 Å². The van der Waals surface area contributed by atoms with Crippen LogP contribution in [0.15, 0.2) is 35.3 Å². The molecular weight excluding hydrogens is 276 g/mol. The number of hydrogen-bond acceptors (Lipinski definition) is 5. The molecule has 0 aliphatic rings. The lowest BCUT2D eigenvalue weighted by molar-refractivity contribution is 0.268. The van der Waals surface area contributed by atoms with E-state index in [1.54, 1.807) is 0 Å². The normalized spacial score (nSPS) is 13.7. The first kappa shape index (κ1) is 16.8. The molecular formula is C14H22N2O3S. The van der Waals surface area contributed by atoms with Crippen molar-refractivity contribution in [1.82, 2.24) is 5.32 Å². The van der Waals surface area contributed by atoms with Crippen LogP contribution in [-0.4, -0.2) is 50.6 Å². The zero-order valence-electron chi connectivity index (χ0n) is 11.7. The fourth-order valence-electron chi connectivity index (χ4n) is 1.55. The molecule has 5 nitrogen and oxygen atoms in total. The van der Waals surface area contributed by atoms with Gasteiger partial charge in [-0.05, 0) is 25.5 Å². The first-order valence-corrected chi connectivity index (χ1v) is 8.39. The maximum absolute atomic E-state index is 11.3. The van der Waals surface area contributed by atoms with Gasteiger partial charge in [0.1, 0.15) is 0 Å². The second-order valence-electron chi connectivity index (χ2n) is 4.52. The highest BCUT2D eigenvalue weighted by Gasteiger charge is 2.16. The molecule has 0 spiro atoms. The summed E-state index contributed by atoms with van der Waals surface area (Å²) in [6, 6.07) is 9.85. The number of rotatable bonds is 9. The Labute approximate surface area is 120 Å². The van der Waals surface area contributed by atoms with Crippen LogP contribution in [0.1, 0.15) is 18.9 Å². The van der Waals surface area contributed by atoms with Gasteiger partial charge in [0.05, 0.1) is 12.3 Å². The molecule has 1 aromatic rings. The molecule has 1 atom stereocenters. The van der Waals surface area contributed by atoms with Crippen LogP contribution < -0.4 is 5.32 Å². The zero-order valence-corrected chi connectivity index (χ0v) is 12.5. The fourth-order valence-corrected chi connectivity index (χ4v) is 2.43. The van der Waals surface area contributed by atoms with E-state index in [0.717, 1.165) is 5.56 Å². The molecule has 20 heavy (non-hydrogen) atoms. The van der Waals surface area contributed by atoms with Gasteiger partial charge < -0.3 is 10.4 Å². The first-order valence-electron chi connectivity index (χ1n) is 6.67. The van der Waals surface area contributed by atoms with Crippen molar-refractivity contribution in [3.8, 4) is 0 Å². The molecule has 0 saturated heterocycles. The highest BCUT2D eigenvalue weighted by Crippen LogP contribution is 1.99. The Balaban J connectivity index is 2.07. The van der Waals surface area contributed by atoms with E-state index in [0.29, 0.717) is 26.1 Å². The standard InChI is InChI=1S/C14H22N2O3S/c1-13(17)20(18,19)11-5-8-15-9-10-16-12-14-6-3-2-4-7-14/h2-4,6-7,12-13,15,17H,5,8-11H2,1H3. The van der Waals surface area contributed by atoms with E-state index in [1.165, 1.54) is 6.92 Å². The summed E-state index contributed by atoms with van der Waals surface area (Å²) in [7, 11) is -3.35. The van der Waals surface area contributed by atoms with E-state index in [2.05, 4.69) is 10.3 Å². The van der Waals surface area contributed by atoms with E-state index in [9.17, 15) is 8.42 Å². The predicted octanol–water partition coefficient (Wildman–Crippen LogP) is 0.838. The zero-order chi connectivity index (χ0) is 14.8. The second-order valence-corrected chi connectivity index (χ2v) is 6.93. The van der Waals surface area contributed by atoms with Gasteiger partial charge in [-0.3, -0.25) is 4.99 Å². The maximum atomic E-state index is 11.3. The smallest absolute Gasteiger partial charge is 0.176 e. The van der Waals surface area contributed by atoms with Crippen molar-refractivity contribution < 1.29 is 13.5 Å². The van der Waals surface area contributed by atoms with Crippen molar-refractivity contribution in [2.24, 2.45) is 4.99 Å². The highest BCUT2D eigenvalue weighted by atomic mass is 32.2. The van der Waals surface area contributed by atoms with Gasteiger partial charge in [-0.2, -0.15) is 0 Å².